The largest absolute Gasteiger partial charge is 0.428 e. The zero-order valence-electron chi connectivity index (χ0n) is 13.9. The third-order valence-electron chi connectivity index (χ3n) is 3.86. The second kappa shape index (κ2) is 7.17. The highest BCUT2D eigenvalue weighted by Crippen LogP contribution is 2.22. The van der Waals surface area contributed by atoms with E-state index >= 15 is 0 Å². The molecule has 0 spiro atoms. The lowest BCUT2D eigenvalue weighted by atomic mass is 10.2. The monoisotopic (exact) mass is 366 g/mol. The van der Waals surface area contributed by atoms with Gasteiger partial charge in [0.1, 0.15) is 17.6 Å². The number of carbonyl (C=O) groups excluding carboxylic acids is 1. The fourth-order valence-electron chi connectivity index (χ4n) is 2.61. The van der Waals surface area contributed by atoms with Crippen molar-refractivity contribution in [2.45, 2.75) is 12.5 Å². The summed E-state index contributed by atoms with van der Waals surface area (Å²) in [6, 6.07) is 7.28. The van der Waals surface area contributed by atoms with Crippen LogP contribution in [-0.4, -0.2) is 46.3 Å². The van der Waals surface area contributed by atoms with E-state index < -0.39 is 5.91 Å². The molecule has 0 aliphatic heterocycles. The van der Waals surface area contributed by atoms with Crippen LogP contribution in [0.2, 0.25) is 0 Å². The first-order chi connectivity index (χ1) is 13.2. The molecule has 1 aromatic carbocycles. The Balaban J connectivity index is 1.69. The molecule has 1 amide bonds. The van der Waals surface area contributed by atoms with Crippen molar-refractivity contribution < 1.29 is 14.4 Å². The van der Waals surface area contributed by atoms with Crippen LogP contribution >= 0.6 is 0 Å². The van der Waals surface area contributed by atoms with Gasteiger partial charge in [0.25, 0.3) is 5.91 Å². The predicted molar refractivity (Wildman–Crippen MR) is 91.2 cm³/mol. The summed E-state index contributed by atoms with van der Waals surface area (Å²) in [4.78, 5) is 19.0. The number of benzene rings is 1. The van der Waals surface area contributed by atoms with Gasteiger partial charge >= 0.3 is 0 Å². The molecule has 4 rings (SSSR count). The van der Waals surface area contributed by atoms with Crippen LogP contribution in [0.5, 0.6) is 0 Å². The quantitative estimate of drug-likeness (QED) is 0.259. The van der Waals surface area contributed by atoms with Gasteiger partial charge in [-0.05, 0) is 18.2 Å². The first-order valence-electron chi connectivity index (χ1n) is 7.96. The molecule has 0 radical (unpaired) electrons. The van der Waals surface area contributed by atoms with Gasteiger partial charge in [-0.3, -0.25) is 10.0 Å². The lowest BCUT2D eigenvalue weighted by molar-refractivity contribution is -0.124. The number of amides is 1. The van der Waals surface area contributed by atoms with Gasteiger partial charge in [-0.25, -0.2) is 15.1 Å². The van der Waals surface area contributed by atoms with Crippen molar-refractivity contribution in [2.75, 3.05) is 0 Å². The van der Waals surface area contributed by atoms with E-state index in [4.69, 9.17) is 9.62 Å². The second-order valence-corrected chi connectivity index (χ2v) is 5.62. The van der Waals surface area contributed by atoms with E-state index in [9.17, 15) is 4.79 Å². The van der Waals surface area contributed by atoms with E-state index in [1.165, 1.54) is 17.9 Å². The Kier molecular flexibility index (Phi) is 4.41. The maximum absolute atomic E-state index is 11.1. The lowest BCUT2D eigenvalue weighted by Gasteiger charge is -2.12. The molecule has 0 fully saturated rings. The highest BCUT2D eigenvalue weighted by atomic mass is 16.5. The van der Waals surface area contributed by atoms with E-state index in [0.717, 1.165) is 17.1 Å². The molecule has 27 heavy (non-hydrogen) atoms. The maximum Gasteiger partial charge on any atom is 0.267 e. The minimum Gasteiger partial charge on any atom is -0.428 e. The van der Waals surface area contributed by atoms with Gasteiger partial charge in [-0.1, -0.05) is 17.3 Å². The summed E-state index contributed by atoms with van der Waals surface area (Å²) in [7, 11) is 0. The van der Waals surface area contributed by atoms with Gasteiger partial charge in [0.15, 0.2) is 0 Å². The van der Waals surface area contributed by atoms with Crippen molar-refractivity contribution in [3.8, 4) is 0 Å². The van der Waals surface area contributed by atoms with Crippen LogP contribution in [0, 0.1) is 0 Å². The summed E-state index contributed by atoms with van der Waals surface area (Å²) < 4.78 is 6.86. The number of nitrogens with zero attached hydrogens (tertiary/aromatic N) is 6. The molecule has 136 valence electrons. The molecular weight excluding hydrogens is 352 g/mol. The fourth-order valence-corrected chi connectivity index (χ4v) is 2.61. The van der Waals surface area contributed by atoms with Crippen LogP contribution in [0.1, 0.15) is 23.5 Å². The number of H-pyrrole nitrogens is 1. The van der Waals surface area contributed by atoms with Crippen LogP contribution in [0.25, 0.3) is 17.1 Å². The SMILES string of the molecule is O=C(C=Cc1cn(C(Cc2nnco2)c2nc3ccccc3[nH]2)nn1)NO. The molecule has 4 aromatic rings. The van der Waals surface area contributed by atoms with Gasteiger partial charge in [-0.15, -0.1) is 15.3 Å². The van der Waals surface area contributed by atoms with Crippen molar-refractivity contribution >= 4 is 23.0 Å². The number of para-hydroxylation sites is 2. The first kappa shape index (κ1) is 16.6. The third kappa shape index (κ3) is 3.57. The molecule has 1 atom stereocenters. The number of carbonyl (C=O) groups is 1. The molecule has 0 aliphatic carbocycles. The Bertz CT molecular complexity index is 1050. The zero-order valence-corrected chi connectivity index (χ0v) is 13.9. The third-order valence-corrected chi connectivity index (χ3v) is 3.86. The van der Waals surface area contributed by atoms with E-state index in [1.54, 1.807) is 10.9 Å². The molecule has 3 aromatic heterocycles. The van der Waals surface area contributed by atoms with Crippen molar-refractivity contribution in [2.24, 2.45) is 0 Å². The number of hydrogen-bond acceptors (Lipinski definition) is 8. The topological polar surface area (TPSA) is 148 Å². The Hall–Kier alpha value is -3.86. The molecule has 11 heteroatoms. The number of nitrogens with one attached hydrogen (secondary N) is 2. The van der Waals surface area contributed by atoms with E-state index in [2.05, 4.69) is 30.5 Å². The molecule has 3 heterocycles. The van der Waals surface area contributed by atoms with Crippen LogP contribution in [-0.2, 0) is 11.2 Å². The first-order valence-corrected chi connectivity index (χ1v) is 7.96. The summed E-state index contributed by atoms with van der Waals surface area (Å²) in [6.07, 6.45) is 5.83. The fraction of sp³-hybridized carbons (Fsp3) is 0.125. The minimum atomic E-state index is -0.663. The Labute approximate surface area is 151 Å². The van der Waals surface area contributed by atoms with E-state index in [0.29, 0.717) is 23.8 Å². The number of rotatable bonds is 6. The standard InChI is InChI=1S/C16H14N8O3/c25-14(22-26)6-5-10-8-24(23-20-10)13(7-15-21-17-9-27-15)16-18-11-3-1-2-4-12(11)19-16/h1-6,8-9,13,26H,7H2,(H,18,19)(H,22,25). The molecule has 0 aliphatic rings. The number of hydroxylamine groups is 1. The summed E-state index contributed by atoms with van der Waals surface area (Å²) in [5.41, 5.74) is 3.66. The van der Waals surface area contributed by atoms with Gasteiger partial charge in [-0.2, -0.15) is 0 Å². The van der Waals surface area contributed by atoms with Crippen LogP contribution in [0.15, 0.2) is 47.3 Å². The Morgan fingerprint density at radius 3 is 3.04 bits per heavy atom. The summed E-state index contributed by atoms with van der Waals surface area (Å²) in [5.74, 6) is 0.417. The van der Waals surface area contributed by atoms with Gasteiger partial charge < -0.3 is 9.40 Å². The number of aromatic nitrogens is 7. The van der Waals surface area contributed by atoms with E-state index in [-0.39, 0.29) is 6.04 Å². The average Bonchev–Trinajstić information content (AvgIpc) is 3.44. The molecule has 0 saturated carbocycles. The Morgan fingerprint density at radius 1 is 1.37 bits per heavy atom. The average molecular weight is 366 g/mol. The van der Waals surface area contributed by atoms with Crippen LogP contribution < -0.4 is 5.48 Å². The Morgan fingerprint density at radius 2 is 2.26 bits per heavy atom. The van der Waals surface area contributed by atoms with E-state index in [1.807, 2.05) is 24.3 Å². The summed E-state index contributed by atoms with van der Waals surface area (Å²) >= 11 is 0. The molecular formula is C16H14N8O3. The number of hydrogen-bond donors (Lipinski definition) is 3. The molecule has 1 unspecified atom stereocenters. The van der Waals surface area contributed by atoms with Gasteiger partial charge in [0.05, 0.1) is 23.7 Å². The highest BCUT2D eigenvalue weighted by molar-refractivity contribution is 5.90. The highest BCUT2D eigenvalue weighted by Gasteiger charge is 2.22. The van der Waals surface area contributed by atoms with Crippen LogP contribution in [0.3, 0.4) is 0 Å². The van der Waals surface area contributed by atoms with Gasteiger partial charge in [0, 0.05) is 6.08 Å². The van der Waals surface area contributed by atoms with Gasteiger partial charge in [0.2, 0.25) is 12.3 Å². The smallest absolute Gasteiger partial charge is 0.267 e. The summed E-state index contributed by atoms with van der Waals surface area (Å²) in [5, 5.41) is 24.3. The molecule has 11 nitrogen and oxygen atoms in total. The number of aromatic amines is 1. The normalized spacial score (nSPS) is 12.6. The van der Waals surface area contributed by atoms with Crippen molar-refractivity contribution in [3.63, 3.8) is 0 Å². The zero-order chi connectivity index (χ0) is 18.6. The van der Waals surface area contributed by atoms with Crippen LogP contribution in [0.4, 0.5) is 0 Å². The number of fused-ring (bicyclic) bond motifs is 1. The minimum absolute atomic E-state index is 0.351. The number of imidazole rings is 1. The molecule has 0 saturated heterocycles. The maximum atomic E-state index is 11.1. The van der Waals surface area contributed by atoms with Crippen molar-refractivity contribution in [1.82, 2.24) is 40.6 Å². The van der Waals surface area contributed by atoms with Crippen molar-refractivity contribution in [1.29, 1.82) is 0 Å². The molecule has 0 bridgehead atoms. The molecule has 3 N–H and O–H groups in total. The second-order valence-electron chi connectivity index (χ2n) is 5.62. The van der Waals surface area contributed by atoms with Crippen molar-refractivity contribution in [3.05, 3.63) is 60.3 Å². The summed E-state index contributed by atoms with van der Waals surface area (Å²) in [6.45, 7) is 0. The lowest BCUT2D eigenvalue weighted by Crippen LogP contribution is -2.16. The predicted octanol–water partition coefficient (Wildman–Crippen LogP) is 0.888.